The third-order valence-electron chi connectivity index (χ3n) is 7.43. The van der Waals surface area contributed by atoms with Gasteiger partial charge >= 0.3 is 37.1 Å². The second kappa shape index (κ2) is 24.2. The van der Waals surface area contributed by atoms with E-state index in [1.165, 1.54) is 18.2 Å². The highest BCUT2D eigenvalue weighted by Crippen LogP contribution is 2.46. The molecule has 3 aromatic rings. The van der Waals surface area contributed by atoms with E-state index in [9.17, 15) is 79.0 Å². The molecule has 0 aliphatic heterocycles. The molecule has 0 spiro atoms. The molecule has 352 valence electrons. The Bertz CT molecular complexity index is 2380. The lowest BCUT2D eigenvalue weighted by atomic mass is 9.90. The molecule has 67 heavy (non-hydrogen) atoms. The number of benzene rings is 3. The summed E-state index contributed by atoms with van der Waals surface area (Å²) >= 11 is 0. The molecule has 0 heterocycles. The Morgan fingerprint density at radius 1 is 0.299 bits per heavy atom. The second-order valence-corrected chi connectivity index (χ2v) is 11.3. The molecular formula is C40H21F18N9. The molecule has 0 N–H and O–H groups in total. The van der Waals surface area contributed by atoms with Gasteiger partial charge in [0.1, 0.15) is 18.2 Å². The van der Waals surface area contributed by atoms with E-state index in [1.807, 2.05) is 27.7 Å². The van der Waals surface area contributed by atoms with Crippen LogP contribution in [0.1, 0.15) is 111 Å². The molecule has 0 saturated heterocycles. The van der Waals surface area contributed by atoms with Gasteiger partial charge in [0.15, 0.2) is 0 Å². The standard InChI is InChI=1S/3C12H3F6N3.2C2H6/c3*13-11(14,15)9-6(1-2-19)3-7(4-20)10(8(9)5-21)12(16,17)18;2*1-2/h3*3H,1H2;2*1-2H3. The van der Waals surface area contributed by atoms with Gasteiger partial charge in [-0.05, 0) is 34.9 Å². The summed E-state index contributed by atoms with van der Waals surface area (Å²) in [4.78, 5) is 0. The van der Waals surface area contributed by atoms with E-state index in [1.54, 1.807) is 0 Å². The van der Waals surface area contributed by atoms with Crippen molar-refractivity contribution in [2.45, 2.75) is 84.0 Å². The molecule has 3 aromatic carbocycles. The highest BCUT2D eigenvalue weighted by atomic mass is 19.4. The van der Waals surface area contributed by atoms with Gasteiger partial charge in [-0.2, -0.15) is 126 Å². The minimum absolute atomic E-state index is 0.343. The third-order valence-corrected chi connectivity index (χ3v) is 7.43. The molecule has 3 rings (SSSR count). The molecule has 0 bridgehead atoms. The largest absolute Gasteiger partial charge is 0.418 e. The van der Waals surface area contributed by atoms with Crippen molar-refractivity contribution in [3.05, 3.63) is 102 Å². The van der Waals surface area contributed by atoms with E-state index >= 15 is 0 Å². The maximum Gasteiger partial charge on any atom is 0.418 e. The maximum atomic E-state index is 12.9. The monoisotopic (exact) mass is 969 g/mol. The van der Waals surface area contributed by atoms with Crippen LogP contribution in [-0.4, -0.2) is 0 Å². The Labute approximate surface area is 366 Å². The lowest BCUT2D eigenvalue weighted by Crippen LogP contribution is -2.19. The van der Waals surface area contributed by atoms with Crippen LogP contribution in [-0.2, 0) is 56.3 Å². The van der Waals surface area contributed by atoms with E-state index in [-0.39, 0.29) is 0 Å². The Balaban J connectivity index is 0. The summed E-state index contributed by atoms with van der Waals surface area (Å²) in [5.74, 6) is 0. The van der Waals surface area contributed by atoms with Crippen LogP contribution in [0.2, 0.25) is 0 Å². The molecule has 0 radical (unpaired) electrons. The number of alkyl halides is 18. The van der Waals surface area contributed by atoms with Crippen LogP contribution in [0, 0.1) is 102 Å². The number of hydrogen-bond acceptors (Lipinski definition) is 9. The fourth-order valence-electron chi connectivity index (χ4n) is 5.34. The van der Waals surface area contributed by atoms with Crippen molar-refractivity contribution in [3.8, 4) is 54.6 Å². The first-order chi connectivity index (χ1) is 30.7. The van der Waals surface area contributed by atoms with E-state index in [0.717, 1.165) is 36.4 Å². The Morgan fingerprint density at radius 2 is 0.463 bits per heavy atom. The van der Waals surface area contributed by atoms with E-state index in [2.05, 4.69) is 0 Å². The second-order valence-electron chi connectivity index (χ2n) is 11.3. The molecule has 0 atom stereocenters. The van der Waals surface area contributed by atoms with Gasteiger partial charge in [0.05, 0.1) is 122 Å². The molecule has 0 fully saturated rings. The molecule has 27 heteroatoms. The van der Waals surface area contributed by atoms with Gasteiger partial charge in [-0.3, -0.25) is 0 Å². The zero-order valence-electron chi connectivity index (χ0n) is 33.7. The van der Waals surface area contributed by atoms with Crippen molar-refractivity contribution in [2.24, 2.45) is 0 Å². The van der Waals surface area contributed by atoms with Crippen molar-refractivity contribution in [2.75, 3.05) is 0 Å². The average Bonchev–Trinajstić information content (AvgIpc) is 3.21. The molecular weight excluding hydrogens is 948 g/mol. The number of nitrogens with zero attached hydrogens (tertiary/aromatic N) is 9. The van der Waals surface area contributed by atoms with Gasteiger partial charge in [0.25, 0.3) is 0 Å². The van der Waals surface area contributed by atoms with Crippen LogP contribution in [0.3, 0.4) is 0 Å². The number of halogens is 18. The third kappa shape index (κ3) is 15.2. The summed E-state index contributed by atoms with van der Waals surface area (Å²) in [5, 5.41) is 77.5. The van der Waals surface area contributed by atoms with Crippen LogP contribution < -0.4 is 0 Å². The predicted octanol–water partition coefficient (Wildman–Crippen LogP) is 12.7. The van der Waals surface area contributed by atoms with Crippen molar-refractivity contribution < 1.29 is 79.0 Å². The minimum Gasteiger partial charge on any atom is -0.198 e. The molecule has 0 aliphatic carbocycles. The van der Waals surface area contributed by atoms with E-state index < -0.39 is 140 Å². The summed E-state index contributed by atoms with van der Waals surface area (Å²) < 4.78 is 232. The molecule has 0 aromatic heterocycles. The van der Waals surface area contributed by atoms with Crippen LogP contribution in [0.4, 0.5) is 79.0 Å². The van der Waals surface area contributed by atoms with Crippen LogP contribution in [0.25, 0.3) is 0 Å². The van der Waals surface area contributed by atoms with Gasteiger partial charge in [0.2, 0.25) is 0 Å². The smallest absolute Gasteiger partial charge is 0.198 e. The zero-order chi connectivity index (χ0) is 53.3. The normalized spacial score (nSPS) is 10.9. The maximum absolute atomic E-state index is 12.9. The molecule has 0 aliphatic rings. The van der Waals surface area contributed by atoms with E-state index in [0.29, 0.717) is 18.2 Å². The van der Waals surface area contributed by atoms with Gasteiger partial charge in [-0.15, -0.1) is 0 Å². The number of nitriles is 9. The highest BCUT2D eigenvalue weighted by Gasteiger charge is 2.47. The molecule has 0 saturated carbocycles. The predicted molar refractivity (Wildman–Crippen MR) is 188 cm³/mol. The SMILES string of the molecule is CC.CC.N#CCc1cc(C#N)c(C(F)(F)F)c(C#N)c1C(F)(F)F.N#CCc1cc(C#N)c(C(F)(F)F)c(C#N)c1C(F)(F)F.N#CCc1cc(C#N)c(C(F)(F)F)c(C#N)c1C(F)(F)F. The Kier molecular flexibility index (Phi) is 22.0. The first-order valence-corrected chi connectivity index (χ1v) is 17.3. The summed E-state index contributed by atoms with van der Waals surface area (Å²) in [6, 6.07) is 11.0. The highest BCUT2D eigenvalue weighted by molar-refractivity contribution is 5.61. The summed E-state index contributed by atoms with van der Waals surface area (Å²) in [6.07, 6.45) is -34.3. The van der Waals surface area contributed by atoms with Gasteiger partial charge in [-0.1, -0.05) is 27.7 Å². The topological polar surface area (TPSA) is 214 Å². The van der Waals surface area contributed by atoms with Crippen molar-refractivity contribution in [1.82, 2.24) is 0 Å². The fraction of sp³-hybridized carbons (Fsp3) is 0.325. The summed E-state index contributed by atoms with van der Waals surface area (Å²) in [6.45, 7) is 8.00. The minimum atomic E-state index is -5.30. The lowest BCUT2D eigenvalue weighted by molar-refractivity contribution is -0.145. The number of hydrogen-bond donors (Lipinski definition) is 0. The van der Waals surface area contributed by atoms with Crippen molar-refractivity contribution in [1.29, 1.82) is 47.4 Å². The molecule has 0 unspecified atom stereocenters. The first kappa shape index (κ1) is 60.9. The van der Waals surface area contributed by atoms with Crippen LogP contribution in [0.15, 0.2) is 18.2 Å². The van der Waals surface area contributed by atoms with Crippen molar-refractivity contribution in [3.63, 3.8) is 0 Å². The Morgan fingerprint density at radius 3 is 0.567 bits per heavy atom. The van der Waals surface area contributed by atoms with Crippen molar-refractivity contribution >= 4 is 0 Å². The van der Waals surface area contributed by atoms with Gasteiger partial charge in [-0.25, -0.2) is 0 Å². The number of rotatable bonds is 3. The lowest BCUT2D eigenvalue weighted by Gasteiger charge is -2.18. The van der Waals surface area contributed by atoms with Gasteiger partial charge < -0.3 is 0 Å². The van der Waals surface area contributed by atoms with Crippen LogP contribution >= 0.6 is 0 Å². The van der Waals surface area contributed by atoms with E-state index in [4.69, 9.17) is 47.4 Å². The Hall–Kier alpha value is -8.19. The molecule has 9 nitrogen and oxygen atoms in total. The van der Waals surface area contributed by atoms with Gasteiger partial charge in [0, 0.05) is 0 Å². The average molecular weight is 970 g/mol. The van der Waals surface area contributed by atoms with Crippen LogP contribution in [0.5, 0.6) is 0 Å². The zero-order valence-corrected chi connectivity index (χ0v) is 33.7. The summed E-state index contributed by atoms with van der Waals surface area (Å²) in [7, 11) is 0. The first-order valence-electron chi connectivity index (χ1n) is 17.3. The quantitative estimate of drug-likeness (QED) is 0.228. The summed E-state index contributed by atoms with van der Waals surface area (Å²) in [5.41, 5.74) is -22.3. The fourth-order valence-corrected chi connectivity index (χ4v) is 5.34. The molecule has 0 amide bonds.